The number of carbonyl (C=O) groups excluding carboxylic acids is 3. The van der Waals surface area contributed by atoms with Crippen LogP contribution in [0.5, 0.6) is 0 Å². The number of anilines is 1. The van der Waals surface area contributed by atoms with Crippen molar-refractivity contribution in [3.8, 4) is 0 Å². The molecule has 0 aromatic heterocycles. The van der Waals surface area contributed by atoms with Crippen molar-refractivity contribution in [1.29, 1.82) is 0 Å². The van der Waals surface area contributed by atoms with Crippen molar-refractivity contribution < 1.29 is 14.4 Å². The van der Waals surface area contributed by atoms with E-state index in [9.17, 15) is 14.4 Å². The number of benzene rings is 2. The average molecular weight is 438 g/mol. The number of nitrogens with zero attached hydrogens (tertiary/aromatic N) is 1. The normalized spacial score (nSPS) is 29.5. The third-order valence-corrected chi connectivity index (χ3v) is 6.88. The standard InChI is InChI=1S/C24H24ClN3O3/c1-23(2,3)28-20(29)18-17(11-13-7-5-4-6-8-13)27-24(19(18)21(28)30)15-12-14(25)9-10-16(15)26-22(24)31/h4-10,12,17-19,27H,11H2,1-3H3,(H,26,31)/t17-,18-,19+,24+/m1/s1. The lowest BCUT2D eigenvalue weighted by molar-refractivity contribution is -0.147. The van der Waals surface area contributed by atoms with E-state index in [4.69, 9.17) is 11.6 Å². The van der Waals surface area contributed by atoms with Crippen LogP contribution in [0.15, 0.2) is 48.5 Å². The van der Waals surface area contributed by atoms with Crippen molar-refractivity contribution in [3.63, 3.8) is 0 Å². The molecule has 160 valence electrons. The second-order valence-corrected chi connectivity index (χ2v) is 10.0. The van der Waals surface area contributed by atoms with Gasteiger partial charge in [0.25, 0.3) is 0 Å². The van der Waals surface area contributed by atoms with Gasteiger partial charge in [-0.1, -0.05) is 41.9 Å². The number of carbonyl (C=O) groups is 3. The molecule has 4 atom stereocenters. The van der Waals surface area contributed by atoms with E-state index in [0.29, 0.717) is 22.7 Å². The Bertz CT molecular complexity index is 1110. The zero-order valence-corrected chi connectivity index (χ0v) is 18.4. The summed E-state index contributed by atoms with van der Waals surface area (Å²) in [5.41, 5.74) is 0.290. The minimum atomic E-state index is -1.32. The maximum Gasteiger partial charge on any atom is 0.250 e. The minimum Gasteiger partial charge on any atom is -0.324 e. The number of hydrogen-bond donors (Lipinski definition) is 2. The molecule has 3 heterocycles. The third-order valence-electron chi connectivity index (χ3n) is 6.65. The largest absolute Gasteiger partial charge is 0.324 e. The van der Waals surface area contributed by atoms with E-state index in [1.807, 2.05) is 51.1 Å². The lowest BCUT2D eigenvalue weighted by Crippen LogP contribution is -2.56. The van der Waals surface area contributed by atoms with Gasteiger partial charge in [-0.05, 0) is 51.0 Å². The van der Waals surface area contributed by atoms with Crippen molar-refractivity contribution in [2.75, 3.05) is 5.32 Å². The summed E-state index contributed by atoms with van der Waals surface area (Å²) in [7, 11) is 0. The molecule has 6 nitrogen and oxygen atoms in total. The average Bonchev–Trinajstić information content (AvgIpc) is 3.27. The van der Waals surface area contributed by atoms with E-state index in [2.05, 4.69) is 10.6 Å². The van der Waals surface area contributed by atoms with Crippen molar-refractivity contribution in [2.24, 2.45) is 11.8 Å². The first-order valence-electron chi connectivity index (χ1n) is 10.5. The van der Waals surface area contributed by atoms with E-state index >= 15 is 0 Å². The van der Waals surface area contributed by atoms with Crippen LogP contribution >= 0.6 is 11.6 Å². The molecular weight excluding hydrogens is 414 g/mol. The quantitative estimate of drug-likeness (QED) is 0.707. The summed E-state index contributed by atoms with van der Waals surface area (Å²) in [6, 6.07) is 14.6. The van der Waals surface area contributed by atoms with E-state index in [1.54, 1.807) is 18.2 Å². The third kappa shape index (κ3) is 2.78. The second kappa shape index (κ2) is 6.65. The second-order valence-electron chi connectivity index (χ2n) is 9.58. The van der Waals surface area contributed by atoms with Gasteiger partial charge in [-0.2, -0.15) is 0 Å². The van der Waals surface area contributed by atoms with Crippen LogP contribution in [-0.4, -0.2) is 34.2 Å². The molecule has 7 heteroatoms. The first-order valence-corrected chi connectivity index (χ1v) is 10.8. The molecule has 2 aromatic rings. The molecule has 3 amide bonds. The lowest BCUT2D eigenvalue weighted by atomic mass is 9.76. The Balaban J connectivity index is 1.68. The summed E-state index contributed by atoms with van der Waals surface area (Å²) in [5.74, 6) is -2.31. The van der Waals surface area contributed by atoms with Crippen LogP contribution in [0.4, 0.5) is 5.69 Å². The summed E-state index contributed by atoms with van der Waals surface area (Å²) in [4.78, 5) is 42.0. The summed E-state index contributed by atoms with van der Waals surface area (Å²) >= 11 is 6.28. The van der Waals surface area contributed by atoms with Crippen LogP contribution in [0.1, 0.15) is 31.9 Å². The van der Waals surface area contributed by atoms with Gasteiger partial charge in [-0.15, -0.1) is 0 Å². The van der Waals surface area contributed by atoms with Crippen molar-refractivity contribution in [3.05, 3.63) is 64.7 Å². The Morgan fingerprint density at radius 3 is 2.42 bits per heavy atom. The van der Waals surface area contributed by atoms with E-state index < -0.39 is 22.9 Å². The highest BCUT2D eigenvalue weighted by molar-refractivity contribution is 6.31. The van der Waals surface area contributed by atoms with Crippen LogP contribution < -0.4 is 10.6 Å². The molecule has 1 spiro atoms. The summed E-state index contributed by atoms with van der Waals surface area (Å²) in [5, 5.41) is 6.82. The van der Waals surface area contributed by atoms with Gasteiger partial charge in [0.15, 0.2) is 0 Å². The van der Waals surface area contributed by atoms with Crippen LogP contribution in [0.25, 0.3) is 0 Å². The van der Waals surface area contributed by atoms with Gasteiger partial charge < -0.3 is 5.32 Å². The Morgan fingerprint density at radius 1 is 1.03 bits per heavy atom. The molecule has 0 aliphatic carbocycles. The van der Waals surface area contributed by atoms with E-state index in [-0.39, 0.29) is 23.8 Å². The zero-order chi connectivity index (χ0) is 22.1. The summed E-state index contributed by atoms with van der Waals surface area (Å²) < 4.78 is 0. The predicted molar refractivity (Wildman–Crippen MR) is 117 cm³/mol. The van der Waals surface area contributed by atoms with Crippen LogP contribution in [0, 0.1) is 11.8 Å². The number of nitrogens with one attached hydrogen (secondary N) is 2. The molecule has 3 aliphatic heterocycles. The smallest absolute Gasteiger partial charge is 0.250 e. The molecule has 31 heavy (non-hydrogen) atoms. The maximum absolute atomic E-state index is 13.7. The number of likely N-dealkylation sites (tertiary alicyclic amines) is 1. The molecule has 0 bridgehead atoms. The summed E-state index contributed by atoms with van der Waals surface area (Å²) in [6.07, 6.45) is 0.532. The van der Waals surface area contributed by atoms with E-state index in [0.717, 1.165) is 5.56 Å². The number of rotatable bonds is 2. The van der Waals surface area contributed by atoms with Gasteiger partial charge in [0.2, 0.25) is 17.7 Å². The Hall–Kier alpha value is -2.70. The molecule has 0 radical (unpaired) electrons. The highest BCUT2D eigenvalue weighted by Crippen LogP contribution is 2.54. The first-order chi connectivity index (χ1) is 14.6. The Kier molecular flexibility index (Phi) is 4.33. The minimum absolute atomic E-state index is 0.226. The lowest BCUT2D eigenvalue weighted by Gasteiger charge is -2.34. The molecule has 0 unspecified atom stereocenters. The van der Waals surface area contributed by atoms with Crippen LogP contribution in [0.2, 0.25) is 5.02 Å². The highest BCUT2D eigenvalue weighted by Gasteiger charge is 2.71. The van der Waals surface area contributed by atoms with Crippen molar-refractivity contribution >= 4 is 35.0 Å². The molecule has 2 fully saturated rings. The molecule has 2 aromatic carbocycles. The number of hydrogen-bond acceptors (Lipinski definition) is 4. The topological polar surface area (TPSA) is 78.5 Å². The Morgan fingerprint density at radius 2 is 1.74 bits per heavy atom. The van der Waals surface area contributed by atoms with Crippen molar-refractivity contribution in [1.82, 2.24) is 10.2 Å². The molecule has 2 N–H and O–H groups in total. The number of halogens is 1. The van der Waals surface area contributed by atoms with Gasteiger partial charge in [0, 0.05) is 27.9 Å². The Labute approximate surface area is 185 Å². The summed E-state index contributed by atoms with van der Waals surface area (Å²) in [6.45, 7) is 5.53. The molecule has 3 aliphatic rings. The fourth-order valence-corrected chi connectivity index (χ4v) is 5.65. The maximum atomic E-state index is 13.7. The van der Waals surface area contributed by atoms with E-state index in [1.165, 1.54) is 4.90 Å². The predicted octanol–water partition coefficient (Wildman–Crippen LogP) is 3.10. The van der Waals surface area contributed by atoms with Gasteiger partial charge in [0.05, 0.1) is 11.8 Å². The number of imide groups is 1. The number of amides is 3. The monoisotopic (exact) mass is 437 g/mol. The van der Waals surface area contributed by atoms with Crippen molar-refractivity contribution in [2.45, 2.75) is 44.3 Å². The van der Waals surface area contributed by atoms with Crippen LogP contribution in [0.3, 0.4) is 0 Å². The van der Waals surface area contributed by atoms with Gasteiger partial charge in [-0.25, -0.2) is 0 Å². The fraction of sp³-hybridized carbons (Fsp3) is 0.375. The fourth-order valence-electron chi connectivity index (χ4n) is 5.48. The molecular formula is C24H24ClN3O3. The molecule has 2 saturated heterocycles. The number of fused-ring (bicyclic) bond motifs is 4. The zero-order valence-electron chi connectivity index (χ0n) is 17.6. The first kappa shape index (κ1) is 20.2. The molecule has 5 rings (SSSR count). The highest BCUT2D eigenvalue weighted by atomic mass is 35.5. The van der Waals surface area contributed by atoms with Gasteiger partial charge >= 0.3 is 0 Å². The van der Waals surface area contributed by atoms with Gasteiger partial charge in [-0.3, -0.25) is 24.6 Å². The molecule has 0 saturated carbocycles. The SMILES string of the molecule is CC(C)(C)N1C(=O)[C@H]2[C@@H](C1=O)[C@]1(N[C@@H]2Cc2ccccc2)C(=O)Nc2ccc(Cl)cc21. The van der Waals surface area contributed by atoms with Crippen LogP contribution in [-0.2, 0) is 26.3 Å². The van der Waals surface area contributed by atoms with Gasteiger partial charge in [0.1, 0.15) is 5.54 Å².